The highest BCUT2D eigenvalue weighted by molar-refractivity contribution is 6.03. The molecule has 0 spiro atoms. The highest BCUT2D eigenvalue weighted by atomic mass is 19.4. The van der Waals surface area contributed by atoms with Crippen molar-refractivity contribution in [3.8, 4) is 5.75 Å². The molecule has 25 heavy (non-hydrogen) atoms. The smallest absolute Gasteiger partial charge is 0.416 e. The second-order valence-corrected chi connectivity index (χ2v) is 5.78. The van der Waals surface area contributed by atoms with Crippen LogP contribution in [0.4, 0.5) is 18.9 Å². The summed E-state index contributed by atoms with van der Waals surface area (Å²) in [6.07, 6.45) is -0.822. The number of amides is 1. The Hall–Kier alpha value is -2.64. The molecule has 0 saturated carbocycles. The van der Waals surface area contributed by atoms with Gasteiger partial charge in [-0.2, -0.15) is 18.3 Å². The minimum Gasteiger partial charge on any atom is -0.495 e. The van der Waals surface area contributed by atoms with Crippen LogP contribution in [-0.4, -0.2) is 23.2 Å². The van der Waals surface area contributed by atoms with Crippen molar-refractivity contribution < 1.29 is 22.7 Å². The van der Waals surface area contributed by atoms with Crippen LogP contribution >= 0.6 is 0 Å². The quantitative estimate of drug-likeness (QED) is 0.917. The first kappa shape index (κ1) is 17.2. The normalized spacial score (nSPS) is 13.9. The summed E-state index contributed by atoms with van der Waals surface area (Å²) >= 11 is 0. The number of benzene rings is 1. The molecule has 3 rings (SSSR count). The molecule has 1 N–H and O–H groups in total. The number of ether oxygens (including phenoxy) is 1. The lowest BCUT2D eigenvalue weighted by Crippen LogP contribution is -2.18. The number of rotatable bonds is 3. The van der Waals surface area contributed by atoms with Gasteiger partial charge in [0.25, 0.3) is 5.91 Å². The number of anilines is 1. The van der Waals surface area contributed by atoms with Crippen LogP contribution < -0.4 is 10.1 Å². The molecule has 1 aromatic carbocycles. The van der Waals surface area contributed by atoms with Crippen molar-refractivity contribution >= 4 is 11.6 Å². The second-order valence-electron chi connectivity index (χ2n) is 5.78. The first-order chi connectivity index (χ1) is 11.9. The molecule has 0 saturated heterocycles. The molecule has 1 aromatic heterocycles. The van der Waals surface area contributed by atoms with Gasteiger partial charge in [-0.1, -0.05) is 0 Å². The van der Waals surface area contributed by atoms with Crippen LogP contribution in [0.3, 0.4) is 0 Å². The first-order valence-corrected chi connectivity index (χ1v) is 7.80. The molecule has 0 atom stereocenters. The van der Waals surface area contributed by atoms with E-state index in [9.17, 15) is 18.0 Å². The second kappa shape index (κ2) is 6.70. The lowest BCUT2D eigenvalue weighted by molar-refractivity contribution is -0.137. The highest BCUT2D eigenvalue weighted by Gasteiger charge is 2.31. The van der Waals surface area contributed by atoms with Crippen molar-refractivity contribution in [2.45, 2.75) is 31.9 Å². The lowest BCUT2D eigenvalue weighted by Gasteiger charge is -2.15. The van der Waals surface area contributed by atoms with E-state index in [0.29, 0.717) is 0 Å². The van der Waals surface area contributed by atoms with E-state index < -0.39 is 17.6 Å². The van der Waals surface area contributed by atoms with Crippen molar-refractivity contribution in [2.24, 2.45) is 0 Å². The molecule has 1 aliphatic rings. The van der Waals surface area contributed by atoms with Gasteiger partial charge in [-0.05, 0) is 55.5 Å². The molecule has 5 nitrogen and oxygen atoms in total. The highest BCUT2D eigenvalue weighted by Crippen LogP contribution is 2.35. The Labute approximate surface area is 142 Å². The topological polar surface area (TPSA) is 64.1 Å². The Kier molecular flexibility index (Phi) is 4.61. The molecule has 1 amide bonds. The summed E-state index contributed by atoms with van der Waals surface area (Å²) in [4.78, 5) is 12.4. The number of nitrogens with one attached hydrogen (secondary N) is 1. The molecule has 0 fully saturated rings. The summed E-state index contributed by atoms with van der Waals surface area (Å²) in [5, 5.41) is 10.4. The zero-order valence-electron chi connectivity index (χ0n) is 13.5. The van der Waals surface area contributed by atoms with Gasteiger partial charge in [-0.25, -0.2) is 0 Å². The molecule has 0 radical (unpaired) electrons. The SMILES string of the molecule is COc1ccc(C(F)(F)F)cc1NC(=O)c1cc2c(nn1)CCCC2. The fraction of sp³-hybridized carbons (Fsp3) is 0.353. The fourth-order valence-electron chi connectivity index (χ4n) is 2.77. The maximum absolute atomic E-state index is 12.9. The number of halogens is 3. The van der Waals surface area contributed by atoms with E-state index >= 15 is 0 Å². The lowest BCUT2D eigenvalue weighted by atomic mass is 9.96. The third kappa shape index (κ3) is 3.72. The average molecular weight is 351 g/mol. The number of aromatic nitrogens is 2. The zero-order valence-corrected chi connectivity index (χ0v) is 13.5. The summed E-state index contributed by atoms with van der Waals surface area (Å²) in [6, 6.07) is 4.55. The van der Waals surface area contributed by atoms with E-state index in [2.05, 4.69) is 15.5 Å². The third-order valence-electron chi connectivity index (χ3n) is 4.08. The van der Waals surface area contributed by atoms with Gasteiger partial charge in [0.05, 0.1) is 24.1 Å². The molecule has 0 unspecified atom stereocenters. The van der Waals surface area contributed by atoms with Gasteiger partial charge in [0, 0.05) is 0 Å². The monoisotopic (exact) mass is 351 g/mol. The van der Waals surface area contributed by atoms with Gasteiger partial charge in [-0.3, -0.25) is 4.79 Å². The number of alkyl halides is 3. The number of carbonyl (C=O) groups excluding carboxylic acids is 1. The van der Waals surface area contributed by atoms with Gasteiger partial charge < -0.3 is 10.1 Å². The predicted octanol–water partition coefficient (Wildman–Crippen LogP) is 3.64. The van der Waals surface area contributed by atoms with Crippen LogP contribution in [0.5, 0.6) is 5.75 Å². The molecule has 8 heteroatoms. The number of carbonyl (C=O) groups is 1. The Morgan fingerprint density at radius 2 is 1.92 bits per heavy atom. The van der Waals surface area contributed by atoms with Gasteiger partial charge in [0.2, 0.25) is 0 Å². The summed E-state index contributed by atoms with van der Waals surface area (Å²) in [5.41, 5.74) is 0.962. The van der Waals surface area contributed by atoms with E-state index in [4.69, 9.17) is 4.74 Å². The predicted molar refractivity (Wildman–Crippen MR) is 84.6 cm³/mol. The van der Waals surface area contributed by atoms with Crippen molar-refractivity contribution in [3.05, 3.63) is 46.8 Å². The van der Waals surface area contributed by atoms with Crippen LogP contribution in [0, 0.1) is 0 Å². The summed E-state index contributed by atoms with van der Waals surface area (Å²) in [6.45, 7) is 0. The molecule has 0 aliphatic heterocycles. The van der Waals surface area contributed by atoms with Crippen molar-refractivity contribution in [3.63, 3.8) is 0 Å². The maximum atomic E-state index is 12.9. The van der Waals surface area contributed by atoms with Crippen molar-refractivity contribution in [1.29, 1.82) is 0 Å². The van der Waals surface area contributed by atoms with Crippen LogP contribution in [0.1, 0.15) is 40.2 Å². The summed E-state index contributed by atoms with van der Waals surface area (Å²) in [7, 11) is 1.32. The first-order valence-electron chi connectivity index (χ1n) is 7.80. The molecule has 2 aromatic rings. The molecule has 0 bridgehead atoms. The standard InChI is InChI=1S/C17H16F3N3O2/c1-25-15-7-6-11(17(18,19)20)9-13(15)21-16(24)14-8-10-4-2-3-5-12(10)22-23-14/h6-9H,2-5H2,1H3,(H,21,24). The largest absolute Gasteiger partial charge is 0.495 e. The minimum absolute atomic E-state index is 0.0677. The molecule has 132 valence electrons. The Morgan fingerprint density at radius 1 is 1.16 bits per heavy atom. The van der Waals surface area contributed by atoms with Gasteiger partial charge in [0.1, 0.15) is 5.75 Å². The number of hydrogen-bond acceptors (Lipinski definition) is 4. The van der Waals surface area contributed by atoms with Crippen LogP contribution in [0.15, 0.2) is 24.3 Å². The number of fused-ring (bicyclic) bond motifs is 1. The average Bonchev–Trinajstić information content (AvgIpc) is 2.60. The number of methoxy groups -OCH3 is 1. The minimum atomic E-state index is -4.52. The van der Waals surface area contributed by atoms with E-state index in [1.807, 2.05) is 0 Å². The Balaban J connectivity index is 1.87. The fourth-order valence-corrected chi connectivity index (χ4v) is 2.77. The Bertz CT molecular complexity index is 806. The molecule has 1 aliphatic carbocycles. The summed E-state index contributed by atoms with van der Waals surface area (Å²) in [5.74, 6) is -0.495. The van der Waals surface area contributed by atoms with Gasteiger partial charge >= 0.3 is 6.18 Å². The molecule has 1 heterocycles. The van der Waals surface area contributed by atoms with E-state index in [1.54, 1.807) is 6.07 Å². The number of aryl methyl sites for hydroxylation is 2. The third-order valence-corrected chi connectivity index (χ3v) is 4.08. The summed E-state index contributed by atoms with van der Waals surface area (Å²) < 4.78 is 43.7. The number of hydrogen-bond donors (Lipinski definition) is 1. The van der Waals surface area contributed by atoms with Crippen LogP contribution in [0.2, 0.25) is 0 Å². The van der Waals surface area contributed by atoms with Crippen molar-refractivity contribution in [2.75, 3.05) is 12.4 Å². The van der Waals surface area contributed by atoms with Crippen LogP contribution in [-0.2, 0) is 19.0 Å². The molecular weight excluding hydrogens is 335 g/mol. The van der Waals surface area contributed by atoms with E-state index in [0.717, 1.165) is 55.1 Å². The Morgan fingerprint density at radius 3 is 2.64 bits per heavy atom. The van der Waals surface area contributed by atoms with Gasteiger partial charge in [0.15, 0.2) is 5.69 Å². The zero-order chi connectivity index (χ0) is 18.0. The van der Waals surface area contributed by atoms with Crippen molar-refractivity contribution in [1.82, 2.24) is 10.2 Å². The molecular formula is C17H16F3N3O2. The maximum Gasteiger partial charge on any atom is 0.416 e. The number of nitrogens with zero attached hydrogens (tertiary/aromatic N) is 2. The van der Waals surface area contributed by atoms with E-state index in [1.165, 1.54) is 7.11 Å². The van der Waals surface area contributed by atoms with Gasteiger partial charge in [-0.15, -0.1) is 5.10 Å². The van der Waals surface area contributed by atoms with E-state index in [-0.39, 0.29) is 17.1 Å². The van der Waals surface area contributed by atoms with Crippen LogP contribution in [0.25, 0.3) is 0 Å².